The van der Waals surface area contributed by atoms with Crippen LogP contribution in [0.4, 0.5) is 0 Å². The van der Waals surface area contributed by atoms with Gasteiger partial charge in [0.2, 0.25) is 0 Å². The average Bonchev–Trinajstić information content (AvgIpc) is 2.87. The number of H-pyrrole nitrogens is 1. The van der Waals surface area contributed by atoms with E-state index in [-0.39, 0.29) is 0 Å². The van der Waals surface area contributed by atoms with Gasteiger partial charge >= 0.3 is 0 Å². The molecular formula is C13H18N2S. The number of hydrogen-bond acceptors (Lipinski definition) is 2. The van der Waals surface area contributed by atoms with Gasteiger partial charge in [-0.2, -0.15) is 0 Å². The zero-order chi connectivity index (χ0) is 11.5. The van der Waals surface area contributed by atoms with Gasteiger partial charge in [-0.3, -0.25) is 0 Å². The van der Waals surface area contributed by atoms with Gasteiger partial charge < -0.3 is 4.98 Å². The first kappa shape index (κ1) is 11.4. The van der Waals surface area contributed by atoms with E-state index in [0.717, 1.165) is 6.42 Å². The predicted octanol–water partition coefficient (Wildman–Crippen LogP) is 3.94. The molecule has 1 unspecified atom stereocenters. The summed E-state index contributed by atoms with van der Waals surface area (Å²) >= 11 is 1.84. The van der Waals surface area contributed by atoms with Gasteiger partial charge in [-0.25, -0.2) is 4.98 Å². The largest absolute Gasteiger partial charge is 0.365 e. The molecule has 0 saturated heterocycles. The minimum atomic E-state index is 0.537. The maximum atomic E-state index is 4.46. The van der Waals surface area contributed by atoms with Crippen molar-refractivity contribution in [1.82, 2.24) is 9.97 Å². The van der Waals surface area contributed by atoms with Crippen LogP contribution in [0.25, 0.3) is 0 Å². The number of rotatable bonds is 4. The fourth-order valence-electron chi connectivity index (χ4n) is 1.75. The summed E-state index contributed by atoms with van der Waals surface area (Å²) in [7, 11) is 0. The van der Waals surface area contributed by atoms with E-state index in [1.165, 1.54) is 15.6 Å². The Bertz CT molecular complexity index is 428. The molecule has 0 aromatic carbocycles. The highest BCUT2D eigenvalue weighted by atomic mass is 32.1. The minimum absolute atomic E-state index is 0.537. The normalized spacial score (nSPS) is 13.2. The Morgan fingerprint density at radius 3 is 2.75 bits per heavy atom. The summed E-state index contributed by atoms with van der Waals surface area (Å²) < 4.78 is 0. The fraction of sp³-hybridized carbons (Fsp3) is 0.462. The predicted molar refractivity (Wildman–Crippen MR) is 69.1 cm³/mol. The zero-order valence-corrected chi connectivity index (χ0v) is 10.8. The standard InChI is InChI=1S/C13H18N2S/c1-9(2)13-15-8-11(16-13)7-10(3)12-5-4-6-14-12/h4-6,8-10,14H,7H2,1-3H3. The summed E-state index contributed by atoms with van der Waals surface area (Å²) in [5.74, 6) is 1.08. The van der Waals surface area contributed by atoms with Gasteiger partial charge in [0.25, 0.3) is 0 Å². The summed E-state index contributed by atoms with van der Waals surface area (Å²) in [5.41, 5.74) is 1.31. The molecule has 0 saturated carbocycles. The number of hydrogen-bond donors (Lipinski definition) is 1. The summed E-state index contributed by atoms with van der Waals surface area (Å²) in [6.07, 6.45) is 5.09. The lowest BCUT2D eigenvalue weighted by Crippen LogP contribution is -1.96. The maximum absolute atomic E-state index is 4.46. The molecule has 0 aliphatic rings. The van der Waals surface area contributed by atoms with E-state index in [0.29, 0.717) is 11.8 Å². The number of aromatic amines is 1. The number of thiazole rings is 1. The summed E-state index contributed by atoms with van der Waals surface area (Å²) in [4.78, 5) is 9.11. The second-order valence-electron chi connectivity index (χ2n) is 4.55. The van der Waals surface area contributed by atoms with Crippen LogP contribution in [-0.4, -0.2) is 9.97 Å². The third kappa shape index (κ3) is 2.53. The Hall–Kier alpha value is -1.09. The third-order valence-electron chi connectivity index (χ3n) is 2.73. The quantitative estimate of drug-likeness (QED) is 0.852. The smallest absolute Gasteiger partial charge is 0.0953 e. The fourth-order valence-corrected chi connectivity index (χ4v) is 2.79. The lowest BCUT2D eigenvalue weighted by molar-refractivity contribution is 0.744. The number of nitrogens with one attached hydrogen (secondary N) is 1. The summed E-state index contributed by atoms with van der Waals surface area (Å²) in [5, 5.41) is 1.24. The van der Waals surface area contributed by atoms with Crippen LogP contribution >= 0.6 is 11.3 Å². The van der Waals surface area contributed by atoms with Crippen molar-refractivity contribution >= 4 is 11.3 Å². The molecule has 0 fully saturated rings. The number of aromatic nitrogens is 2. The van der Waals surface area contributed by atoms with E-state index in [1.54, 1.807) is 0 Å². The first-order valence-corrected chi connectivity index (χ1v) is 6.56. The van der Waals surface area contributed by atoms with Crippen LogP contribution in [-0.2, 0) is 6.42 Å². The van der Waals surface area contributed by atoms with E-state index >= 15 is 0 Å². The van der Waals surface area contributed by atoms with E-state index in [1.807, 2.05) is 23.7 Å². The van der Waals surface area contributed by atoms with Gasteiger partial charge in [-0.15, -0.1) is 11.3 Å². The molecule has 86 valence electrons. The van der Waals surface area contributed by atoms with Crippen LogP contribution in [0, 0.1) is 0 Å². The SMILES string of the molecule is CC(C)c1ncc(CC(C)c2ccc[nH]2)s1. The van der Waals surface area contributed by atoms with Crippen molar-refractivity contribution in [2.24, 2.45) is 0 Å². The van der Waals surface area contributed by atoms with Crippen LogP contribution in [0.2, 0.25) is 0 Å². The van der Waals surface area contributed by atoms with Crippen LogP contribution in [0.3, 0.4) is 0 Å². The molecule has 0 aliphatic heterocycles. The van der Waals surface area contributed by atoms with Crippen molar-refractivity contribution in [2.75, 3.05) is 0 Å². The molecule has 0 radical (unpaired) electrons. The van der Waals surface area contributed by atoms with Gasteiger partial charge in [0, 0.05) is 34.8 Å². The molecule has 3 heteroatoms. The van der Waals surface area contributed by atoms with Crippen LogP contribution in [0.1, 0.15) is 48.2 Å². The van der Waals surface area contributed by atoms with Gasteiger partial charge in [0.1, 0.15) is 0 Å². The molecule has 0 bridgehead atoms. The van der Waals surface area contributed by atoms with E-state index in [4.69, 9.17) is 0 Å². The van der Waals surface area contributed by atoms with Crippen molar-refractivity contribution in [3.8, 4) is 0 Å². The van der Waals surface area contributed by atoms with Gasteiger partial charge in [0.15, 0.2) is 0 Å². The highest BCUT2D eigenvalue weighted by Gasteiger charge is 2.11. The lowest BCUT2D eigenvalue weighted by atomic mass is 10.0. The van der Waals surface area contributed by atoms with E-state index in [9.17, 15) is 0 Å². The zero-order valence-electron chi connectivity index (χ0n) is 10.0. The van der Waals surface area contributed by atoms with E-state index < -0.39 is 0 Å². The highest BCUT2D eigenvalue weighted by molar-refractivity contribution is 7.11. The second kappa shape index (κ2) is 4.83. The van der Waals surface area contributed by atoms with Crippen molar-refractivity contribution in [2.45, 2.75) is 39.0 Å². The molecular weight excluding hydrogens is 216 g/mol. The van der Waals surface area contributed by atoms with Gasteiger partial charge in [-0.1, -0.05) is 20.8 Å². The van der Waals surface area contributed by atoms with E-state index in [2.05, 4.69) is 42.9 Å². The Balaban J connectivity index is 2.03. The van der Waals surface area contributed by atoms with Gasteiger partial charge in [0.05, 0.1) is 5.01 Å². The van der Waals surface area contributed by atoms with Crippen molar-refractivity contribution in [3.63, 3.8) is 0 Å². The number of nitrogens with zero attached hydrogens (tertiary/aromatic N) is 1. The minimum Gasteiger partial charge on any atom is -0.365 e. The molecule has 0 aliphatic carbocycles. The van der Waals surface area contributed by atoms with Gasteiger partial charge in [-0.05, 0) is 18.6 Å². The summed E-state index contributed by atoms with van der Waals surface area (Å²) in [6.45, 7) is 6.63. The molecule has 2 aromatic heterocycles. The third-order valence-corrected chi connectivity index (χ3v) is 4.05. The molecule has 16 heavy (non-hydrogen) atoms. The highest BCUT2D eigenvalue weighted by Crippen LogP contribution is 2.26. The first-order chi connectivity index (χ1) is 7.66. The lowest BCUT2D eigenvalue weighted by Gasteiger charge is -2.07. The molecule has 2 rings (SSSR count). The first-order valence-electron chi connectivity index (χ1n) is 5.74. The molecule has 2 heterocycles. The molecule has 1 N–H and O–H groups in total. The molecule has 0 amide bonds. The Morgan fingerprint density at radius 2 is 2.19 bits per heavy atom. The second-order valence-corrected chi connectivity index (χ2v) is 5.70. The summed E-state index contributed by atoms with van der Waals surface area (Å²) in [6, 6.07) is 4.20. The maximum Gasteiger partial charge on any atom is 0.0953 e. The van der Waals surface area contributed by atoms with Crippen molar-refractivity contribution in [3.05, 3.63) is 40.1 Å². The molecule has 0 spiro atoms. The Labute approximate surface area is 101 Å². The van der Waals surface area contributed by atoms with Crippen molar-refractivity contribution < 1.29 is 0 Å². The van der Waals surface area contributed by atoms with Crippen LogP contribution in [0.5, 0.6) is 0 Å². The average molecular weight is 234 g/mol. The molecule has 1 atom stereocenters. The Morgan fingerprint density at radius 1 is 1.38 bits per heavy atom. The molecule has 2 nitrogen and oxygen atoms in total. The monoisotopic (exact) mass is 234 g/mol. The van der Waals surface area contributed by atoms with Crippen LogP contribution in [0.15, 0.2) is 24.5 Å². The molecule has 2 aromatic rings. The van der Waals surface area contributed by atoms with Crippen LogP contribution < -0.4 is 0 Å². The topological polar surface area (TPSA) is 28.7 Å². The van der Waals surface area contributed by atoms with Crippen molar-refractivity contribution in [1.29, 1.82) is 0 Å². The Kier molecular flexibility index (Phi) is 3.44.